The van der Waals surface area contributed by atoms with Crippen LogP contribution in [0.1, 0.15) is 41.6 Å². The number of carbonyl (C=O) groups excluding carboxylic acids is 2. The van der Waals surface area contributed by atoms with E-state index in [-0.39, 0.29) is 17.6 Å². The van der Waals surface area contributed by atoms with E-state index in [9.17, 15) is 9.59 Å². The minimum atomic E-state index is 0.00233. The van der Waals surface area contributed by atoms with E-state index in [1.165, 1.54) is 0 Å². The Morgan fingerprint density at radius 1 is 1.00 bits per heavy atom. The molecule has 0 saturated carbocycles. The molecule has 7 heteroatoms. The fourth-order valence-corrected chi connectivity index (χ4v) is 3.92. The van der Waals surface area contributed by atoms with Crippen molar-refractivity contribution >= 4 is 11.7 Å². The molecule has 2 heterocycles. The van der Waals surface area contributed by atoms with Gasteiger partial charge in [-0.25, -0.2) is 0 Å². The van der Waals surface area contributed by atoms with Gasteiger partial charge in [-0.1, -0.05) is 60.2 Å². The van der Waals surface area contributed by atoms with E-state index in [4.69, 9.17) is 0 Å². The Bertz CT molecular complexity index is 1020. The first-order valence-corrected chi connectivity index (χ1v) is 10.8. The Hall–Kier alpha value is -3.35. The molecule has 1 fully saturated rings. The molecule has 1 aliphatic rings. The molecule has 1 amide bonds. The molecule has 7 nitrogen and oxygen atoms in total. The van der Waals surface area contributed by atoms with E-state index in [1.54, 1.807) is 4.80 Å². The number of Topliss-reactive ketones (excluding diaryl/α,β-unsaturated/α-hetero) is 1. The third kappa shape index (κ3) is 5.23. The van der Waals surface area contributed by atoms with Crippen molar-refractivity contribution in [1.29, 1.82) is 0 Å². The van der Waals surface area contributed by atoms with Crippen molar-refractivity contribution in [3.63, 3.8) is 0 Å². The average molecular weight is 418 g/mol. The number of carbonyl (C=O) groups is 2. The standard InChI is InChI=1S/C24H27N5O2/c1-18-9-11-19(12-10-18)23(31)20-13-16-28(17-14-20)22(30)8-5-15-29-26-24(25-27-29)21-6-3-2-4-7-21/h2-4,6-7,9-12,20H,5,8,13-17H2,1H3. The van der Waals surface area contributed by atoms with Gasteiger partial charge < -0.3 is 4.90 Å². The number of piperidine rings is 1. The summed E-state index contributed by atoms with van der Waals surface area (Å²) in [6, 6.07) is 17.4. The smallest absolute Gasteiger partial charge is 0.222 e. The zero-order chi connectivity index (χ0) is 21.6. The minimum Gasteiger partial charge on any atom is -0.343 e. The van der Waals surface area contributed by atoms with Crippen molar-refractivity contribution in [3.8, 4) is 11.4 Å². The topological polar surface area (TPSA) is 81.0 Å². The molecule has 160 valence electrons. The molecular weight excluding hydrogens is 390 g/mol. The van der Waals surface area contributed by atoms with Gasteiger partial charge in [-0.2, -0.15) is 4.80 Å². The molecule has 0 atom stereocenters. The highest BCUT2D eigenvalue weighted by Gasteiger charge is 2.27. The maximum Gasteiger partial charge on any atom is 0.222 e. The Morgan fingerprint density at radius 2 is 1.71 bits per heavy atom. The van der Waals surface area contributed by atoms with Crippen molar-refractivity contribution in [2.24, 2.45) is 5.92 Å². The molecule has 0 radical (unpaired) electrons. The van der Waals surface area contributed by atoms with Gasteiger partial charge in [0.25, 0.3) is 0 Å². The maximum atomic E-state index is 12.7. The van der Waals surface area contributed by atoms with Crippen molar-refractivity contribution in [3.05, 3.63) is 65.7 Å². The summed E-state index contributed by atoms with van der Waals surface area (Å²) >= 11 is 0. The number of nitrogens with zero attached hydrogens (tertiary/aromatic N) is 5. The second-order valence-corrected chi connectivity index (χ2v) is 8.06. The number of hydrogen-bond acceptors (Lipinski definition) is 5. The minimum absolute atomic E-state index is 0.00233. The lowest BCUT2D eigenvalue weighted by Gasteiger charge is -2.31. The summed E-state index contributed by atoms with van der Waals surface area (Å²) in [7, 11) is 0. The van der Waals surface area contributed by atoms with Crippen molar-refractivity contribution in [2.75, 3.05) is 13.1 Å². The first-order chi connectivity index (χ1) is 15.1. The number of aromatic nitrogens is 4. The maximum absolute atomic E-state index is 12.7. The molecule has 1 saturated heterocycles. The predicted molar refractivity (Wildman–Crippen MR) is 117 cm³/mol. The molecule has 1 aliphatic heterocycles. The van der Waals surface area contributed by atoms with E-state index < -0.39 is 0 Å². The van der Waals surface area contributed by atoms with Crippen molar-refractivity contribution in [1.82, 2.24) is 25.1 Å². The number of rotatable bonds is 7. The van der Waals surface area contributed by atoms with Crippen LogP contribution in [0.25, 0.3) is 11.4 Å². The molecule has 3 aromatic rings. The van der Waals surface area contributed by atoms with Gasteiger partial charge in [0.1, 0.15) is 0 Å². The molecule has 0 N–H and O–H groups in total. The number of tetrazole rings is 1. The summed E-state index contributed by atoms with van der Waals surface area (Å²) in [5.74, 6) is 0.915. The number of ketones is 1. The van der Waals surface area contributed by atoms with Gasteiger partial charge in [-0.15, -0.1) is 10.2 Å². The van der Waals surface area contributed by atoms with Crippen LogP contribution in [0.4, 0.5) is 0 Å². The third-order valence-corrected chi connectivity index (χ3v) is 5.79. The highest BCUT2D eigenvalue weighted by Crippen LogP contribution is 2.23. The average Bonchev–Trinajstić information content (AvgIpc) is 3.29. The molecule has 0 spiro atoms. The Labute approximate surface area is 182 Å². The summed E-state index contributed by atoms with van der Waals surface area (Å²) in [5.41, 5.74) is 2.84. The van der Waals surface area contributed by atoms with Crippen LogP contribution >= 0.6 is 0 Å². The van der Waals surface area contributed by atoms with Crippen LogP contribution < -0.4 is 0 Å². The highest BCUT2D eigenvalue weighted by atomic mass is 16.2. The molecule has 4 rings (SSSR count). The number of benzene rings is 2. The lowest BCUT2D eigenvalue weighted by molar-refractivity contribution is -0.132. The lowest BCUT2D eigenvalue weighted by Crippen LogP contribution is -2.40. The fourth-order valence-electron chi connectivity index (χ4n) is 3.92. The van der Waals surface area contributed by atoms with Gasteiger partial charge in [0, 0.05) is 36.6 Å². The van der Waals surface area contributed by atoms with E-state index in [2.05, 4.69) is 15.4 Å². The largest absolute Gasteiger partial charge is 0.343 e. The Morgan fingerprint density at radius 3 is 2.42 bits per heavy atom. The normalized spacial score (nSPS) is 14.5. The molecule has 0 aliphatic carbocycles. The first-order valence-electron chi connectivity index (χ1n) is 10.8. The highest BCUT2D eigenvalue weighted by molar-refractivity contribution is 5.98. The monoisotopic (exact) mass is 417 g/mol. The van der Waals surface area contributed by atoms with E-state index in [1.807, 2.05) is 66.4 Å². The van der Waals surface area contributed by atoms with Gasteiger partial charge in [-0.3, -0.25) is 9.59 Å². The number of hydrogen-bond donors (Lipinski definition) is 0. The summed E-state index contributed by atoms with van der Waals surface area (Å²) in [4.78, 5) is 28.7. The van der Waals surface area contributed by atoms with E-state index in [0.29, 0.717) is 38.3 Å². The molecular formula is C24H27N5O2. The zero-order valence-electron chi connectivity index (χ0n) is 17.8. The molecule has 2 aromatic carbocycles. The zero-order valence-corrected chi connectivity index (χ0v) is 17.8. The number of aryl methyl sites for hydroxylation is 2. The van der Waals surface area contributed by atoms with Crippen molar-refractivity contribution < 1.29 is 9.59 Å². The van der Waals surface area contributed by atoms with E-state index in [0.717, 1.165) is 29.5 Å². The molecule has 31 heavy (non-hydrogen) atoms. The fraction of sp³-hybridized carbons (Fsp3) is 0.375. The van der Waals surface area contributed by atoms with Crippen molar-refractivity contribution in [2.45, 2.75) is 39.2 Å². The van der Waals surface area contributed by atoms with Gasteiger partial charge in [0.05, 0.1) is 6.54 Å². The molecule has 1 aromatic heterocycles. The van der Waals surface area contributed by atoms with Crippen LogP contribution in [-0.2, 0) is 11.3 Å². The Kier molecular flexibility index (Phi) is 6.50. The van der Waals surface area contributed by atoms with Crippen LogP contribution in [0, 0.1) is 12.8 Å². The second-order valence-electron chi connectivity index (χ2n) is 8.06. The molecule has 0 bridgehead atoms. The van der Waals surface area contributed by atoms with Crippen LogP contribution in [-0.4, -0.2) is 49.9 Å². The lowest BCUT2D eigenvalue weighted by atomic mass is 9.88. The van der Waals surface area contributed by atoms with Gasteiger partial charge in [0.15, 0.2) is 5.78 Å². The Balaban J connectivity index is 1.21. The van der Waals surface area contributed by atoms with Gasteiger partial charge in [-0.05, 0) is 31.4 Å². The number of likely N-dealkylation sites (tertiary alicyclic amines) is 1. The summed E-state index contributed by atoms with van der Waals surface area (Å²) in [6.07, 6.45) is 2.55. The number of amides is 1. The first kappa shape index (κ1) is 20.9. The van der Waals surface area contributed by atoms with Crippen LogP contribution in [0.2, 0.25) is 0 Å². The summed E-state index contributed by atoms with van der Waals surface area (Å²) in [5, 5.41) is 12.5. The predicted octanol–water partition coefficient (Wildman–Crippen LogP) is 3.55. The third-order valence-electron chi connectivity index (χ3n) is 5.79. The van der Waals surface area contributed by atoms with Crippen LogP contribution in [0.5, 0.6) is 0 Å². The van der Waals surface area contributed by atoms with Gasteiger partial charge >= 0.3 is 0 Å². The molecule has 0 unspecified atom stereocenters. The van der Waals surface area contributed by atoms with Gasteiger partial charge in [0.2, 0.25) is 11.7 Å². The quantitative estimate of drug-likeness (QED) is 0.549. The second kappa shape index (κ2) is 9.64. The van der Waals surface area contributed by atoms with Crippen LogP contribution in [0.15, 0.2) is 54.6 Å². The summed E-state index contributed by atoms with van der Waals surface area (Å²) in [6.45, 7) is 3.84. The van der Waals surface area contributed by atoms with E-state index >= 15 is 0 Å². The SMILES string of the molecule is Cc1ccc(C(=O)C2CCN(C(=O)CCCn3nnc(-c4ccccc4)n3)CC2)cc1. The summed E-state index contributed by atoms with van der Waals surface area (Å²) < 4.78 is 0. The van der Waals surface area contributed by atoms with Crippen LogP contribution in [0.3, 0.4) is 0 Å².